The Balaban J connectivity index is 2.23. The molecule has 1 fully saturated rings. The van der Waals surface area contributed by atoms with Crippen LogP contribution in [0.2, 0.25) is 19.6 Å². The molecule has 0 radical (unpaired) electrons. The van der Waals surface area contributed by atoms with Gasteiger partial charge in [0.05, 0.1) is 25.6 Å². The summed E-state index contributed by atoms with van der Waals surface area (Å²) >= 11 is 0. The van der Waals surface area contributed by atoms with E-state index >= 15 is 0 Å². The summed E-state index contributed by atoms with van der Waals surface area (Å²) in [5.74, 6) is -1.24. The molecule has 1 aromatic carbocycles. The van der Waals surface area contributed by atoms with Gasteiger partial charge in [-0.1, -0.05) is 50.0 Å². The molecular formula is C23H37N3O6Si. The molecule has 2 N–H and O–H groups in total. The highest BCUT2D eigenvalue weighted by atomic mass is 28.3. The minimum Gasteiger partial charge on any atom is -0.466 e. The van der Waals surface area contributed by atoms with Crippen LogP contribution in [-0.4, -0.2) is 68.8 Å². The summed E-state index contributed by atoms with van der Waals surface area (Å²) in [6.07, 6.45) is -0.104. The molecule has 0 aromatic heterocycles. The molecule has 1 aliphatic rings. The minimum absolute atomic E-state index is 0.0537. The molecule has 0 saturated carbocycles. The van der Waals surface area contributed by atoms with Crippen LogP contribution in [0, 0.1) is 0 Å². The monoisotopic (exact) mass is 479 g/mol. The third kappa shape index (κ3) is 8.79. The Labute approximate surface area is 197 Å². The summed E-state index contributed by atoms with van der Waals surface area (Å²) in [6.45, 7) is 11.0. The molecular weight excluding hydrogens is 442 g/mol. The van der Waals surface area contributed by atoms with E-state index in [1.54, 1.807) is 6.92 Å². The Morgan fingerprint density at radius 2 is 1.82 bits per heavy atom. The van der Waals surface area contributed by atoms with Crippen LogP contribution in [0.3, 0.4) is 0 Å². The predicted molar refractivity (Wildman–Crippen MR) is 127 cm³/mol. The molecule has 3 atom stereocenters. The van der Waals surface area contributed by atoms with E-state index in [2.05, 4.69) is 30.4 Å². The van der Waals surface area contributed by atoms with E-state index in [0.717, 1.165) is 5.56 Å². The molecule has 0 spiro atoms. The maximum absolute atomic E-state index is 12.8. The van der Waals surface area contributed by atoms with Crippen LogP contribution in [0.1, 0.15) is 32.3 Å². The fourth-order valence-electron chi connectivity index (χ4n) is 3.50. The fourth-order valence-corrected chi connectivity index (χ4v) is 4.75. The van der Waals surface area contributed by atoms with Gasteiger partial charge >= 0.3 is 12.0 Å². The van der Waals surface area contributed by atoms with E-state index in [0.29, 0.717) is 13.0 Å². The first kappa shape index (κ1) is 26.8. The highest BCUT2D eigenvalue weighted by molar-refractivity contribution is 6.77. The topological polar surface area (TPSA) is 106 Å². The lowest BCUT2D eigenvalue weighted by Crippen LogP contribution is -2.52. The van der Waals surface area contributed by atoms with Crippen molar-refractivity contribution >= 4 is 26.0 Å². The molecule has 1 heterocycles. The lowest BCUT2D eigenvalue weighted by Gasteiger charge is -2.35. The molecule has 2 rings (SSSR count). The number of rotatable bonds is 11. The number of nitrogens with one attached hydrogen (secondary N) is 2. The van der Waals surface area contributed by atoms with Gasteiger partial charge in [-0.25, -0.2) is 15.2 Å². The number of urea groups is 1. The molecule has 1 aromatic rings. The van der Waals surface area contributed by atoms with Crippen LogP contribution >= 0.6 is 0 Å². The Kier molecular flexibility index (Phi) is 10.3. The Hall–Kier alpha value is -2.43. The van der Waals surface area contributed by atoms with Gasteiger partial charge in [0.25, 0.3) is 0 Å². The maximum Gasteiger partial charge on any atom is 0.333 e. The molecule has 9 nitrogen and oxygen atoms in total. The smallest absolute Gasteiger partial charge is 0.333 e. The number of ether oxygens (including phenoxy) is 3. The summed E-state index contributed by atoms with van der Waals surface area (Å²) in [7, 11) is -1.88. The van der Waals surface area contributed by atoms with E-state index in [1.807, 2.05) is 37.3 Å². The Morgan fingerprint density at radius 3 is 2.42 bits per heavy atom. The van der Waals surface area contributed by atoms with Crippen molar-refractivity contribution in [3.63, 3.8) is 0 Å². The normalized spacial score (nSPS) is 19.8. The summed E-state index contributed by atoms with van der Waals surface area (Å²) in [4.78, 5) is 37.1. The van der Waals surface area contributed by atoms with Gasteiger partial charge in [0.1, 0.15) is 20.1 Å². The Morgan fingerprint density at radius 1 is 1.12 bits per heavy atom. The lowest BCUT2D eigenvalue weighted by molar-refractivity contribution is -0.151. The van der Waals surface area contributed by atoms with Gasteiger partial charge in [-0.05, 0) is 25.8 Å². The Bertz CT molecular complexity index is 786. The average molecular weight is 480 g/mol. The number of carbonyl (C=O) groups excluding carboxylic acids is 3. The lowest BCUT2D eigenvalue weighted by atomic mass is 10.0. The number of carbonyl (C=O) groups is 3. The van der Waals surface area contributed by atoms with Crippen LogP contribution < -0.4 is 10.7 Å². The number of benzene rings is 1. The largest absolute Gasteiger partial charge is 0.466 e. The zero-order chi connectivity index (χ0) is 24.4. The molecule has 0 bridgehead atoms. The van der Waals surface area contributed by atoms with Crippen LogP contribution in [0.4, 0.5) is 4.79 Å². The summed E-state index contributed by atoms with van der Waals surface area (Å²) < 4.78 is 17.3. The van der Waals surface area contributed by atoms with Crippen molar-refractivity contribution in [1.82, 2.24) is 15.8 Å². The van der Waals surface area contributed by atoms with Crippen LogP contribution in [0.15, 0.2) is 30.3 Å². The average Bonchev–Trinajstić information content (AvgIpc) is 2.90. The van der Waals surface area contributed by atoms with Gasteiger partial charge in [-0.15, -0.1) is 0 Å². The molecule has 0 aliphatic carbocycles. The first-order chi connectivity index (χ1) is 15.6. The number of nitrogens with zero attached hydrogens (tertiary/aromatic N) is 1. The standard InChI is InChI=1S/C23H37N3O6Si/c1-6-30-21(28)14-13-20(27)26-16-19(32-23(31-7-2)33(3,4)5)18(24-22(29)25-26)15-17-11-9-8-10-12-17/h8-12,18-19,23H,6-7,13-16H2,1-5H3,(H2,24,25,29)/t18-,19-,23?/m1/s1. The van der Waals surface area contributed by atoms with E-state index in [9.17, 15) is 14.4 Å². The second-order valence-electron chi connectivity index (χ2n) is 9.02. The van der Waals surface area contributed by atoms with Crippen molar-refractivity contribution in [2.24, 2.45) is 0 Å². The summed E-state index contributed by atoms with van der Waals surface area (Å²) in [5.41, 5.74) is 3.64. The number of hydrogen-bond acceptors (Lipinski definition) is 6. The van der Waals surface area contributed by atoms with E-state index in [4.69, 9.17) is 14.2 Å². The first-order valence-corrected chi connectivity index (χ1v) is 15.1. The van der Waals surface area contributed by atoms with Crippen molar-refractivity contribution in [3.05, 3.63) is 35.9 Å². The fraction of sp³-hybridized carbons (Fsp3) is 0.609. The van der Waals surface area contributed by atoms with Gasteiger partial charge in [0.15, 0.2) is 0 Å². The SMILES string of the molecule is CCOC(=O)CCC(=O)N1C[C@@H](OC(OCC)[Si](C)(C)C)[C@@H](Cc2ccccc2)NC(=O)N1. The predicted octanol–water partition coefficient (Wildman–Crippen LogP) is 2.62. The van der Waals surface area contributed by atoms with Gasteiger partial charge in [0, 0.05) is 13.0 Å². The second kappa shape index (κ2) is 12.7. The number of hydrogen-bond donors (Lipinski definition) is 2. The molecule has 33 heavy (non-hydrogen) atoms. The van der Waals surface area contributed by atoms with Crippen molar-refractivity contribution < 1.29 is 28.6 Å². The maximum atomic E-state index is 12.8. The van der Waals surface area contributed by atoms with Gasteiger partial charge in [-0.3, -0.25) is 9.59 Å². The highest BCUT2D eigenvalue weighted by Crippen LogP contribution is 2.20. The van der Waals surface area contributed by atoms with Crippen LogP contribution in [-0.2, 0) is 30.2 Å². The molecule has 1 aliphatic heterocycles. The van der Waals surface area contributed by atoms with E-state index < -0.39 is 32.1 Å². The van der Waals surface area contributed by atoms with Gasteiger partial charge in [0.2, 0.25) is 5.91 Å². The van der Waals surface area contributed by atoms with Crippen molar-refractivity contribution in [2.45, 2.75) is 70.8 Å². The highest BCUT2D eigenvalue weighted by Gasteiger charge is 2.38. The zero-order valence-electron chi connectivity index (χ0n) is 20.3. The zero-order valence-corrected chi connectivity index (χ0v) is 21.3. The third-order valence-corrected chi connectivity index (χ3v) is 6.85. The quantitative estimate of drug-likeness (QED) is 0.287. The van der Waals surface area contributed by atoms with Gasteiger partial charge in [-0.2, -0.15) is 0 Å². The molecule has 184 valence electrons. The van der Waals surface area contributed by atoms with Gasteiger partial charge < -0.3 is 19.5 Å². The number of hydrazine groups is 1. The van der Waals surface area contributed by atoms with E-state index in [1.165, 1.54) is 5.01 Å². The van der Waals surface area contributed by atoms with Crippen molar-refractivity contribution in [2.75, 3.05) is 19.8 Å². The third-order valence-electron chi connectivity index (χ3n) is 5.14. The van der Waals surface area contributed by atoms with E-state index in [-0.39, 0.29) is 37.9 Å². The van der Waals surface area contributed by atoms with Crippen LogP contribution in [0.5, 0.6) is 0 Å². The molecule has 1 saturated heterocycles. The summed E-state index contributed by atoms with van der Waals surface area (Å²) in [5, 5.41) is 4.18. The molecule has 10 heteroatoms. The number of esters is 1. The van der Waals surface area contributed by atoms with Crippen LogP contribution in [0.25, 0.3) is 0 Å². The summed E-state index contributed by atoms with van der Waals surface area (Å²) in [6, 6.07) is 8.92. The number of amides is 3. The van der Waals surface area contributed by atoms with Crippen molar-refractivity contribution in [3.8, 4) is 0 Å². The molecule has 3 amide bonds. The second-order valence-corrected chi connectivity index (χ2v) is 14.2. The van der Waals surface area contributed by atoms with Crippen molar-refractivity contribution in [1.29, 1.82) is 0 Å². The minimum atomic E-state index is -1.88. The first-order valence-electron chi connectivity index (χ1n) is 11.5. The molecule has 1 unspecified atom stereocenters.